The number of rotatable bonds is 3. The third-order valence-electron chi connectivity index (χ3n) is 1.49. The lowest BCUT2D eigenvalue weighted by molar-refractivity contribution is -0.142. The standard InChI is InChI=1S/C9H10BrNO2.ClH/c1-2-13-9(12)8(10)7-3-5-11-6-4-7;/h3-6,8H,2H2,1H3;1H. The summed E-state index contributed by atoms with van der Waals surface area (Å²) in [6.07, 6.45) is 3.28. The zero-order valence-electron chi connectivity index (χ0n) is 7.64. The molecule has 0 bridgehead atoms. The van der Waals surface area contributed by atoms with Gasteiger partial charge < -0.3 is 4.74 Å². The maximum Gasteiger partial charge on any atom is 0.324 e. The second-order valence-electron chi connectivity index (χ2n) is 2.40. The third kappa shape index (κ3) is 3.64. The SMILES string of the molecule is CCOC(=O)C(Br)c1ccncc1.Cl. The van der Waals surface area contributed by atoms with Crippen molar-refractivity contribution in [1.82, 2.24) is 4.98 Å². The largest absolute Gasteiger partial charge is 0.465 e. The van der Waals surface area contributed by atoms with E-state index < -0.39 is 4.83 Å². The molecule has 1 aromatic heterocycles. The molecule has 0 N–H and O–H groups in total. The molecule has 0 aliphatic heterocycles. The molecule has 1 aromatic rings. The molecule has 78 valence electrons. The number of halogens is 2. The molecule has 0 spiro atoms. The molecule has 0 aliphatic carbocycles. The van der Waals surface area contributed by atoms with Crippen LogP contribution in [0, 0.1) is 0 Å². The molecule has 0 fully saturated rings. The number of alkyl halides is 1. The fourth-order valence-corrected chi connectivity index (χ4v) is 1.32. The van der Waals surface area contributed by atoms with Gasteiger partial charge in [-0.15, -0.1) is 12.4 Å². The van der Waals surface area contributed by atoms with Crippen LogP contribution in [-0.2, 0) is 9.53 Å². The minimum atomic E-state index is -0.393. The smallest absolute Gasteiger partial charge is 0.324 e. The molecule has 0 amide bonds. The Labute approximate surface area is 97.4 Å². The second-order valence-corrected chi connectivity index (χ2v) is 3.31. The number of hydrogen-bond donors (Lipinski definition) is 0. The number of esters is 1. The maximum absolute atomic E-state index is 11.3. The van der Waals surface area contributed by atoms with Crippen LogP contribution in [0.3, 0.4) is 0 Å². The average Bonchev–Trinajstić information content (AvgIpc) is 2.18. The third-order valence-corrected chi connectivity index (χ3v) is 2.39. The highest BCUT2D eigenvalue weighted by molar-refractivity contribution is 9.09. The van der Waals surface area contributed by atoms with Crippen molar-refractivity contribution in [2.45, 2.75) is 11.8 Å². The second kappa shape index (κ2) is 6.79. The fourth-order valence-electron chi connectivity index (χ4n) is 0.884. The molecule has 0 saturated carbocycles. The van der Waals surface area contributed by atoms with Crippen molar-refractivity contribution in [1.29, 1.82) is 0 Å². The summed E-state index contributed by atoms with van der Waals surface area (Å²) in [4.78, 5) is 14.7. The molecule has 1 unspecified atom stereocenters. The average molecular weight is 281 g/mol. The van der Waals surface area contributed by atoms with E-state index in [2.05, 4.69) is 20.9 Å². The van der Waals surface area contributed by atoms with Gasteiger partial charge in [0.2, 0.25) is 0 Å². The van der Waals surface area contributed by atoms with Crippen molar-refractivity contribution in [3.63, 3.8) is 0 Å². The lowest BCUT2D eigenvalue weighted by Gasteiger charge is -2.07. The Morgan fingerprint density at radius 3 is 2.64 bits per heavy atom. The van der Waals surface area contributed by atoms with Gasteiger partial charge in [0.25, 0.3) is 0 Å². The molecule has 0 aromatic carbocycles. The highest BCUT2D eigenvalue weighted by atomic mass is 79.9. The van der Waals surface area contributed by atoms with Crippen molar-refractivity contribution in [3.05, 3.63) is 30.1 Å². The van der Waals surface area contributed by atoms with Gasteiger partial charge in [-0.05, 0) is 24.6 Å². The number of nitrogens with zero attached hydrogens (tertiary/aromatic N) is 1. The van der Waals surface area contributed by atoms with E-state index in [-0.39, 0.29) is 18.4 Å². The highest BCUT2D eigenvalue weighted by Gasteiger charge is 2.17. The first-order valence-electron chi connectivity index (χ1n) is 3.96. The Kier molecular flexibility index (Phi) is 6.49. The number of ether oxygens (including phenoxy) is 1. The molecule has 0 radical (unpaired) electrons. The molecule has 14 heavy (non-hydrogen) atoms. The van der Waals surface area contributed by atoms with Crippen molar-refractivity contribution in [3.8, 4) is 0 Å². The zero-order chi connectivity index (χ0) is 9.68. The summed E-state index contributed by atoms with van der Waals surface area (Å²) in [6.45, 7) is 2.18. The van der Waals surface area contributed by atoms with Crippen molar-refractivity contribution in [2.24, 2.45) is 0 Å². The zero-order valence-corrected chi connectivity index (χ0v) is 10.0. The monoisotopic (exact) mass is 279 g/mol. The van der Waals surface area contributed by atoms with Gasteiger partial charge >= 0.3 is 5.97 Å². The van der Waals surface area contributed by atoms with Crippen LogP contribution in [0.5, 0.6) is 0 Å². The number of carbonyl (C=O) groups is 1. The molecular weight excluding hydrogens is 269 g/mol. The van der Waals surface area contributed by atoms with Crippen molar-refractivity contribution >= 4 is 34.3 Å². The van der Waals surface area contributed by atoms with E-state index in [0.717, 1.165) is 5.56 Å². The van der Waals surface area contributed by atoms with Crippen molar-refractivity contribution < 1.29 is 9.53 Å². The van der Waals surface area contributed by atoms with Gasteiger partial charge in [-0.3, -0.25) is 9.78 Å². The summed E-state index contributed by atoms with van der Waals surface area (Å²) in [6, 6.07) is 3.55. The van der Waals surface area contributed by atoms with Crippen LogP contribution in [-0.4, -0.2) is 17.6 Å². The van der Waals surface area contributed by atoms with Crippen molar-refractivity contribution in [2.75, 3.05) is 6.61 Å². The topological polar surface area (TPSA) is 39.2 Å². The maximum atomic E-state index is 11.3. The van der Waals surface area contributed by atoms with E-state index in [1.807, 2.05) is 0 Å². The first kappa shape index (κ1) is 13.4. The van der Waals surface area contributed by atoms with Gasteiger partial charge in [0, 0.05) is 12.4 Å². The summed E-state index contributed by atoms with van der Waals surface area (Å²) in [7, 11) is 0. The Bertz CT molecular complexity index is 281. The van der Waals surface area contributed by atoms with Gasteiger partial charge in [0.05, 0.1) is 6.61 Å². The highest BCUT2D eigenvalue weighted by Crippen LogP contribution is 2.22. The molecule has 3 nitrogen and oxygen atoms in total. The van der Waals surface area contributed by atoms with E-state index in [9.17, 15) is 4.79 Å². The van der Waals surface area contributed by atoms with Crippen LogP contribution in [0.15, 0.2) is 24.5 Å². The Hall–Kier alpha value is -0.610. The minimum Gasteiger partial charge on any atom is -0.465 e. The normalized spacial score (nSPS) is 11.3. The predicted molar refractivity (Wildman–Crippen MR) is 59.8 cm³/mol. The van der Waals surface area contributed by atoms with Crippen LogP contribution < -0.4 is 0 Å². The molecule has 1 heterocycles. The van der Waals surface area contributed by atoms with Crippen LogP contribution in [0.25, 0.3) is 0 Å². The first-order valence-corrected chi connectivity index (χ1v) is 4.88. The summed E-state index contributed by atoms with van der Waals surface area (Å²) in [5.74, 6) is -0.270. The quantitative estimate of drug-likeness (QED) is 0.631. The summed E-state index contributed by atoms with van der Waals surface area (Å²) in [5.41, 5.74) is 0.855. The first-order chi connectivity index (χ1) is 6.25. The van der Waals surface area contributed by atoms with Gasteiger partial charge in [0.1, 0.15) is 4.83 Å². The Morgan fingerprint density at radius 1 is 1.57 bits per heavy atom. The van der Waals surface area contributed by atoms with Gasteiger partial charge in [-0.1, -0.05) is 15.9 Å². The molecule has 0 aliphatic rings. The van der Waals surface area contributed by atoms with Crippen LogP contribution in [0.1, 0.15) is 17.3 Å². The van der Waals surface area contributed by atoms with Gasteiger partial charge in [-0.25, -0.2) is 0 Å². The van der Waals surface area contributed by atoms with Gasteiger partial charge in [-0.2, -0.15) is 0 Å². The molecule has 1 rings (SSSR count). The summed E-state index contributed by atoms with van der Waals surface area (Å²) >= 11 is 3.25. The molecular formula is C9H11BrClNO2. The summed E-state index contributed by atoms with van der Waals surface area (Å²) in [5, 5.41) is 0. The number of pyridine rings is 1. The number of aromatic nitrogens is 1. The van der Waals surface area contributed by atoms with Crippen LogP contribution >= 0.6 is 28.3 Å². The van der Waals surface area contributed by atoms with E-state index >= 15 is 0 Å². The van der Waals surface area contributed by atoms with Crippen LogP contribution in [0.4, 0.5) is 0 Å². The fraction of sp³-hybridized carbons (Fsp3) is 0.333. The number of hydrogen-bond acceptors (Lipinski definition) is 3. The predicted octanol–water partition coefficient (Wildman–Crippen LogP) is 2.50. The van der Waals surface area contributed by atoms with Crippen LogP contribution in [0.2, 0.25) is 0 Å². The van der Waals surface area contributed by atoms with E-state index in [1.165, 1.54) is 0 Å². The van der Waals surface area contributed by atoms with Gasteiger partial charge in [0.15, 0.2) is 0 Å². The van der Waals surface area contributed by atoms with E-state index in [1.54, 1.807) is 31.5 Å². The molecule has 1 atom stereocenters. The molecule has 5 heteroatoms. The Morgan fingerprint density at radius 2 is 2.14 bits per heavy atom. The molecule has 0 saturated heterocycles. The number of carbonyl (C=O) groups excluding carboxylic acids is 1. The summed E-state index contributed by atoms with van der Waals surface area (Å²) < 4.78 is 4.85. The van der Waals surface area contributed by atoms with E-state index in [4.69, 9.17) is 4.74 Å². The lowest BCUT2D eigenvalue weighted by Crippen LogP contribution is -2.10. The van der Waals surface area contributed by atoms with E-state index in [0.29, 0.717) is 6.61 Å². The minimum absolute atomic E-state index is 0. The Balaban J connectivity index is 0.00000169. The lowest BCUT2D eigenvalue weighted by atomic mass is 10.2.